The van der Waals surface area contributed by atoms with Crippen molar-refractivity contribution in [3.05, 3.63) is 34.4 Å². The molecular formula is C12H12BrNO. The Morgan fingerprint density at radius 1 is 1.27 bits per heavy atom. The first-order valence-corrected chi connectivity index (χ1v) is 5.78. The van der Waals surface area contributed by atoms with Crippen LogP contribution in [0.2, 0.25) is 0 Å². The molecule has 0 aliphatic carbocycles. The van der Waals surface area contributed by atoms with Crippen LogP contribution in [0.1, 0.15) is 19.0 Å². The number of hydrogen-bond acceptors (Lipinski definition) is 2. The minimum Gasteiger partial charge on any atom is -0.507 e. The predicted octanol–water partition coefficient (Wildman–Crippen LogP) is 3.66. The number of fused-ring (bicyclic) bond motifs is 1. The van der Waals surface area contributed by atoms with Gasteiger partial charge in [0.05, 0.1) is 9.99 Å². The Balaban J connectivity index is 2.63. The van der Waals surface area contributed by atoms with Crippen LogP contribution in [0.3, 0.4) is 0 Å². The summed E-state index contributed by atoms with van der Waals surface area (Å²) in [5.41, 5.74) is 1.90. The van der Waals surface area contributed by atoms with Gasteiger partial charge in [-0.2, -0.15) is 0 Å². The number of aryl methyl sites for hydroxylation is 1. The lowest BCUT2D eigenvalue weighted by Gasteiger charge is -2.04. The monoisotopic (exact) mass is 265 g/mol. The highest BCUT2D eigenvalue weighted by molar-refractivity contribution is 9.10. The fourth-order valence-electron chi connectivity index (χ4n) is 1.58. The topological polar surface area (TPSA) is 33.1 Å². The Kier molecular flexibility index (Phi) is 2.91. The van der Waals surface area contributed by atoms with Gasteiger partial charge >= 0.3 is 0 Å². The van der Waals surface area contributed by atoms with Gasteiger partial charge in [-0.1, -0.05) is 19.4 Å². The molecule has 1 N–H and O–H groups in total. The summed E-state index contributed by atoms with van der Waals surface area (Å²) in [6.07, 6.45) is 2.05. The van der Waals surface area contributed by atoms with Crippen LogP contribution in [0.5, 0.6) is 5.75 Å². The number of rotatable bonds is 2. The van der Waals surface area contributed by atoms with Gasteiger partial charge in [-0.05, 0) is 40.5 Å². The van der Waals surface area contributed by atoms with E-state index in [1.54, 1.807) is 6.07 Å². The molecule has 1 aromatic carbocycles. The molecule has 78 valence electrons. The number of benzene rings is 1. The summed E-state index contributed by atoms with van der Waals surface area (Å²) in [6, 6.07) is 7.62. The van der Waals surface area contributed by atoms with Crippen molar-refractivity contribution >= 4 is 26.8 Å². The maximum Gasteiger partial charge on any atom is 0.132 e. The first-order valence-electron chi connectivity index (χ1n) is 4.99. The minimum atomic E-state index is 0.239. The summed E-state index contributed by atoms with van der Waals surface area (Å²) in [7, 11) is 0. The van der Waals surface area contributed by atoms with Crippen LogP contribution >= 0.6 is 15.9 Å². The molecule has 15 heavy (non-hydrogen) atoms. The maximum atomic E-state index is 9.55. The molecular weight excluding hydrogens is 254 g/mol. The molecule has 0 saturated carbocycles. The van der Waals surface area contributed by atoms with Crippen LogP contribution in [-0.2, 0) is 6.42 Å². The largest absolute Gasteiger partial charge is 0.507 e. The predicted molar refractivity (Wildman–Crippen MR) is 65.1 cm³/mol. The summed E-state index contributed by atoms with van der Waals surface area (Å²) in [5, 5.41) is 10.6. The van der Waals surface area contributed by atoms with E-state index >= 15 is 0 Å². The lowest BCUT2D eigenvalue weighted by atomic mass is 10.1. The molecule has 0 unspecified atom stereocenters. The molecule has 0 aliphatic rings. The average Bonchev–Trinajstić information content (AvgIpc) is 2.25. The van der Waals surface area contributed by atoms with E-state index in [2.05, 4.69) is 27.8 Å². The second kappa shape index (κ2) is 4.19. The van der Waals surface area contributed by atoms with E-state index in [1.165, 1.54) is 0 Å². The number of pyridine rings is 1. The SMILES string of the molecule is CCCc1ccc2ccc(O)c(Br)c2n1. The normalized spacial score (nSPS) is 10.8. The molecule has 0 bridgehead atoms. The molecule has 2 nitrogen and oxygen atoms in total. The fourth-order valence-corrected chi connectivity index (χ4v) is 2.03. The maximum absolute atomic E-state index is 9.55. The minimum absolute atomic E-state index is 0.239. The van der Waals surface area contributed by atoms with E-state index in [0.29, 0.717) is 4.47 Å². The third-order valence-electron chi connectivity index (χ3n) is 2.34. The van der Waals surface area contributed by atoms with Crippen molar-refractivity contribution in [3.63, 3.8) is 0 Å². The Bertz CT molecular complexity index is 496. The van der Waals surface area contributed by atoms with Gasteiger partial charge in [0.15, 0.2) is 0 Å². The molecule has 3 heteroatoms. The van der Waals surface area contributed by atoms with E-state index in [4.69, 9.17) is 0 Å². The van der Waals surface area contributed by atoms with Crippen LogP contribution in [0, 0.1) is 0 Å². The highest BCUT2D eigenvalue weighted by Crippen LogP contribution is 2.30. The first-order chi connectivity index (χ1) is 7.22. The van der Waals surface area contributed by atoms with Crippen LogP contribution in [-0.4, -0.2) is 10.1 Å². The van der Waals surface area contributed by atoms with Gasteiger partial charge in [0.25, 0.3) is 0 Å². The third kappa shape index (κ3) is 1.97. The van der Waals surface area contributed by atoms with Crippen LogP contribution < -0.4 is 0 Å². The van der Waals surface area contributed by atoms with Crippen LogP contribution in [0.15, 0.2) is 28.7 Å². The van der Waals surface area contributed by atoms with Crippen LogP contribution in [0.25, 0.3) is 10.9 Å². The molecule has 1 aromatic heterocycles. The van der Waals surface area contributed by atoms with E-state index in [1.807, 2.05) is 18.2 Å². The molecule has 0 atom stereocenters. The number of halogens is 1. The molecule has 1 heterocycles. The Morgan fingerprint density at radius 2 is 2.00 bits per heavy atom. The van der Waals surface area contributed by atoms with E-state index in [9.17, 15) is 5.11 Å². The number of phenolic OH excluding ortho intramolecular Hbond substituents is 1. The highest BCUT2D eigenvalue weighted by atomic mass is 79.9. The molecule has 0 fully saturated rings. The van der Waals surface area contributed by atoms with Crippen molar-refractivity contribution < 1.29 is 5.11 Å². The van der Waals surface area contributed by atoms with Crippen molar-refractivity contribution in [2.75, 3.05) is 0 Å². The number of aromatic nitrogens is 1. The number of nitrogens with zero attached hydrogens (tertiary/aromatic N) is 1. The highest BCUT2D eigenvalue weighted by Gasteiger charge is 2.05. The second-order valence-corrected chi connectivity index (χ2v) is 4.32. The lowest BCUT2D eigenvalue weighted by molar-refractivity contribution is 0.473. The molecule has 2 aromatic rings. The summed E-state index contributed by atoms with van der Waals surface area (Å²) in [6.45, 7) is 2.13. The van der Waals surface area contributed by atoms with Crippen molar-refractivity contribution in [2.24, 2.45) is 0 Å². The smallest absolute Gasteiger partial charge is 0.132 e. The van der Waals surface area contributed by atoms with E-state index in [-0.39, 0.29) is 5.75 Å². The van der Waals surface area contributed by atoms with Gasteiger partial charge in [-0.15, -0.1) is 0 Å². The van der Waals surface area contributed by atoms with Crippen molar-refractivity contribution in [3.8, 4) is 5.75 Å². The second-order valence-electron chi connectivity index (χ2n) is 3.52. The van der Waals surface area contributed by atoms with Crippen molar-refractivity contribution in [2.45, 2.75) is 19.8 Å². The average molecular weight is 266 g/mol. The van der Waals surface area contributed by atoms with E-state index < -0.39 is 0 Å². The lowest BCUT2D eigenvalue weighted by Crippen LogP contribution is -1.90. The van der Waals surface area contributed by atoms with Gasteiger partial charge < -0.3 is 5.11 Å². The summed E-state index contributed by atoms with van der Waals surface area (Å²) < 4.78 is 0.679. The number of hydrogen-bond donors (Lipinski definition) is 1. The molecule has 0 amide bonds. The van der Waals surface area contributed by atoms with E-state index in [0.717, 1.165) is 29.4 Å². The van der Waals surface area contributed by atoms with Crippen molar-refractivity contribution in [1.82, 2.24) is 4.98 Å². The van der Waals surface area contributed by atoms with Gasteiger partial charge in [-0.3, -0.25) is 4.98 Å². The number of aromatic hydroxyl groups is 1. The molecule has 0 saturated heterocycles. The van der Waals surface area contributed by atoms with Gasteiger partial charge in [-0.25, -0.2) is 0 Å². The van der Waals surface area contributed by atoms with Gasteiger partial charge in [0.1, 0.15) is 5.75 Å². The third-order valence-corrected chi connectivity index (χ3v) is 3.13. The van der Waals surface area contributed by atoms with Gasteiger partial charge in [0, 0.05) is 11.1 Å². The fraction of sp³-hybridized carbons (Fsp3) is 0.250. The Hall–Kier alpha value is -1.09. The molecule has 0 radical (unpaired) electrons. The zero-order valence-corrected chi connectivity index (χ0v) is 10.1. The quantitative estimate of drug-likeness (QED) is 0.899. The summed E-state index contributed by atoms with van der Waals surface area (Å²) in [5.74, 6) is 0.239. The van der Waals surface area contributed by atoms with Gasteiger partial charge in [0.2, 0.25) is 0 Å². The van der Waals surface area contributed by atoms with Crippen LogP contribution in [0.4, 0.5) is 0 Å². The Labute approximate surface area is 97.1 Å². The Morgan fingerprint density at radius 3 is 2.73 bits per heavy atom. The molecule has 2 rings (SSSR count). The molecule has 0 spiro atoms. The zero-order valence-electron chi connectivity index (χ0n) is 8.50. The molecule has 0 aliphatic heterocycles. The summed E-state index contributed by atoms with van der Waals surface area (Å²) in [4.78, 5) is 4.52. The summed E-state index contributed by atoms with van der Waals surface area (Å²) >= 11 is 3.35. The number of phenols is 1. The van der Waals surface area contributed by atoms with Crippen molar-refractivity contribution in [1.29, 1.82) is 0 Å². The first kappa shape index (κ1) is 10.4. The standard InChI is InChI=1S/C12H12BrNO/c1-2-3-9-6-4-8-5-7-10(15)11(13)12(8)14-9/h4-7,15H,2-3H2,1H3. The zero-order chi connectivity index (χ0) is 10.8.